The minimum absolute atomic E-state index is 0.414. The molecule has 2 aliphatic heterocycles. The van der Waals surface area contributed by atoms with Gasteiger partial charge in [0.2, 0.25) is 0 Å². The van der Waals surface area contributed by atoms with E-state index in [1.165, 1.54) is 44.5 Å². The van der Waals surface area contributed by atoms with Crippen molar-refractivity contribution in [1.29, 1.82) is 0 Å². The van der Waals surface area contributed by atoms with Gasteiger partial charge in [-0.15, -0.1) is 0 Å². The molecule has 156 valence electrons. The van der Waals surface area contributed by atoms with Crippen molar-refractivity contribution in [3.63, 3.8) is 0 Å². The number of benzene rings is 1. The van der Waals surface area contributed by atoms with Gasteiger partial charge in [-0.2, -0.15) is 0 Å². The van der Waals surface area contributed by atoms with Crippen LogP contribution in [0.4, 0.5) is 0 Å². The van der Waals surface area contributed by atoms with E-state index in [0.717, 1.165) is 44.6 Å². The van der Waals surface area contributed by atoms with E-state index in [2.05, 4.69) is 71.2 Å². The van der Waals surface area contributed by atoms with E-state index in [1.807, 2.05) is 0 Å². The summed E-state index contributed by atoms with van der Waals surface area (Å²) in [6.07, 6.45) is 4.06. The fraction of sp³-hybridized carbons (Fsp3) is 0.696. The first-order valence-electron chi connectivity index (χ1n) is 11.2. The molecular formula is C23H39N5. The van der Waals surface area contributed by atoms with Gasteiger partial charge in [-0.1, -0.05) is 30.3 Å². The average Bonchev–Trinajstić information content (AvgIpc) is 3.38. The molecule has 2 unspecified atom stereocenters. The van der Waals surface area contributed by atoms with Gasteiger partial charge in [0.05, 0.1) is 6.54 Å². The molecule has 0 spiro atoms. The van der Waals surface area contributed by atoms with Gasteiger partial charge in [-0.25, -0.2) is 0 Å². The monoisotopic (exact) mass is 385 g/mol. The molecule has 2 saturated heterocycles. The summed E-state index contributed by atoms with van der Waals surface area (Å²) in [5, 5.41) is 3.53. The van der Waals surface area contributed by atoms with Crippen molar-refractivity contribution in [2.45, 2.75) is 45.7 Å². The number of guanidine groups is 1. The van der Waals surface area contributed by atoms with Crippen LogP contribution in [-0.2, 0) is 6.54 Å². The number of rotatable bonds is 8. The highest BCUT2D eigenvalue weighted by atomic mass is 15.3. The van der Waals surface area contributed by atoms with Crippen molar-refractivity contribution in [1.82, 2.24) is 20.0 Å². The molecule has 2 atom stereocenters. The van der Waals surface area contributed by atoms with Crippen LogP contribution in [0.25, 0.3) is 0 Å². The van der Waals surface area contributed by atoms with Crippen LogP contribution in [-0.4, -0.2) is 79.6 Å². The third kappa shape index (κ3) is 6.21. The number of nitrogens with one attached hydrogen (secondary N) is 1. The van der Waals surface area contributed by atoms with Crippen molar-refractivity contribution in [3.05, 3.63) is 35.9 Å². The van der Waals surface area contributed by atoms with Crippen LogP contribution in [0.5, 0.6) is 0 Å². The molecule has 1 aromatic carbocycles. The maximum Gasteiger partial charge on any atom is 0.193 e. The minimum atomic E-state index is 0.414. The van der Waals surface area contributed by atoms with E-state index in [-0.39, 0.29) is 0 Å². The van der Waals surface area contributed by atoms with Crippen LogP contribution in [0.2, 0.25) is 0 Å². The molecule has 3 rings (SSSR count). The summed E-state index contributed by atoms with van der Waals surface area (Å²) in [5.74, 6) is 1.89. The molecule has 2 heterocycles. The lowest BCUT2D eigenvalue weighted by atomic mass is 10.1. The number of nitrogens with zero attached hydrogens (tertiary/aromatic N) is 4. The second kappa shape index (κ2) is 10.8. The van der Waals surface area contributed by atoms with Crippen LogP contribution >= 0.6 is 0 Å². The highest BCUT2D eigenvalue weighted by Gasteiger charge is 2.27. The first-order valence-corrected chi connectivity index (χ1v) is 11.2. The van der Waals surface area contributed by atoms with E-state index in [9.17, 15) is 0 Å². The molecule has 0 bridgehead atoms. The maximum absolute atomic E-state index is 5.00. The molecular weight excluding hydrogens is 346 g/mol. The van der Waals surface area contributed by atoms with E-state index in [0.29, 0.717) is 6.04 Å². The summed E-state index contributed by atoms with van der Waals surface area (Å²) < 4.78 is 0. The lowest BCUT2D eigenvalue weighted by Gasteiger charge is -2.26. The Kier molecular flexibility index (Phi) is 8.16. The zero-order valence-electron chi connectivity index (χ0n) is 18.1. The summed E-state index contributed by atoms with van der Waals surface area (Å²) in [4.78, 5) is 12.5. The summed E-state index contributed by atoms with van der Waals surface area (Å²) in [6, 6.07) is 11.1. The fourth-order valence-electron chi connectivity index (χ4n) is 4.32. The van der Waals surface area contributed by atoms with Crippen molar-refractivity contribution >= 4 is 5.96 Å². The van der Waals surface area contributed by atoms with Crippen molar-refractivity contribution in [3.8, 4) is 0 Å². The number of hydrogen-bond donors (Lipinski definition) is 1. The summed E-state index contributed by atoms with van der Waals surface area (Å²) >= 11 is 0. The van der Waals surface area contributed by atoms with Crippen LogP contribution in [0, 0.1) is 5.92 Å². The third-order valence-electron chi connectivity index (χ3n) is 6.17. The lowest BCUT2D eigenvalue weighted by Crippen LogP contribution is -2.42. The van der Waals surface area contributed by atoms with Gasteiger partial charge in [-0.05, 0) is 64.7 Å². The Morgan fingerprint density at radius 2 is 1.96 bits per heavy atom. The van der Waals surface area contributed by atoms with Crippen LogP contribution in [0.1, 0.15) is 38.7 Å². The van der Waals surface area contributed by atoms with Gasteiger partial charge < -0.3 is 15.1 Å². The van der Waals surface area contributed by atoms with Gasteiger partial charge in [0.25, 0.3) is 0 Å². The molecule has 0 saturated carbocycles. The second-order valence-corrected chi connectivity index (χ2v) is 8.55. The fourth-order valence-corrected chi connectivity index (χ4v) is 4.32. The van der Waals surface area contributed by atoms with Gasteiger partial charge in [0, 0.05) is 38.8 Å². The van der Waals surface area contributed by atoms with E-state index in [1.54, 1.807) is 0 Å². The minimum Gasteiger partial charge on any atom is -0.357 e. The van der Waals surface area contributed by atoms with Gasteiger partial charge in [0.15, 0.2) is 5.96 Å². The van der Waals surface area contributed by atoms with Gasteiger partial charge in [0.1, 0.15) is 0 Å². The maximum atomic E-state index is 5.00. The number of likely N-dealkylation sites (tertiary alicyclic amines) is 2. The summed E-state index contributed by atoms with van der Waals surface area (Å²) in [5.41, 5.74) is 1.36. The van der Waals surface area contributed by atoms with E-state index in [4.69, 9.17) is 4.99 Å². The Labute approximate surface area is 171 Å². The quantitative estimate of drug-likeness (QED) is 0.551. The Bertz CT molecular complexity index is 596. The molecule has 28 heavy (non-hydrogen) atoms. The molecule has 5 nitrogen and oxygen atoms in total. The first kappa shape index (κ1) is 21.1. The number of aliphatic imine (C=N–C) groups is 1. The number of hydrogen-bond acceptors (Lipinski definition) is 3. The molecule has 0 aliphatic carbocycles. The van der Waals surface area contributed by atoms with Gasteiger partial charge in [-0.3, -0.25) is 9.89 Å². The van der Waals surface area contributed by atoms with Crippen LogP contribution < -0.4 is 5.32 Å². The molecule has 1 N–H and O–H groups in total. The standard InChI is InChI=1S/C23H39N5/c1-4-24-23(28-15-12-22(19-28)18-27-13-8-9-14-27)25-16-20(2)26(3)17-21-10-6-5-7-11-21/h5-7,10-11,20,22H,4,8-9,12-19H2,1-3H3,(H,24,25). The van der Waals surface area contributed by atoms with Crippen LogP contribution in [0.15, 0.2) is 35.3 Å². The van der Waals surface area contributed by atoms with Crippen molar-refractivity contribution < 1.29 is 0 Å². The smallest absolute Gasteiger partial charge is 0.193 e. The first-order chi connectivity index (χ1) is 13.7. The summed E-state index contributed by atoms with van der Waals surface area (Å²) in [7, 11) is 2.20. The predicted octanol–water partition coefficient (Wildman–Crippen LogP) is 2.89. The Morgan fingerprint density at radius 3 is 2.68 bits per heavy atom. The molecule has 0 amide bonds. The zero-order valence-corrected chi connectivity index (χ0v) is 18.1. The zero-order chi connectivity index (χ0) is 19.8. The van der Waals surface area contributed by atoms with Gasteiger partial charge >= 0.3 is 0 Å². The van der Waals surface area contributed by atoms with E-state index >= 15 is 0 Å². The highest BCUT2D eigenvalue weighted by Crippen LogP contribution is 2.20. The average molecular weight is 386 g/mol. The summed E-state index contributed by atoms with van der Waals surface area (Å²) in [6.45, 7) is 13.3. The Balaban J connectivity index is 1.50. The topological polar surface area (TPSA) is 34.1 Å². The SMILES string of the molecule is CCNC(=NCC(C)N(C)Cc1ccccc1)N1CCC(CN2CCCC2)C1. The Hall–Kier alpha value is -1.59. The molecule has 5 heteroatoms. The van der Waals surface area contributed by atoms with Crippen molar-refractivity contribution in [2.24, 2.45) is 10.9 Å². The predicted molar refractivity (Wildman–Crippen MR) is 119 cm³/mol. The third-order valence-corrected chi connectivity index (χ3v) is 6.17. The highest BCUT2D eigenvalue weighted by molar-refractivity contribution is 5.80. The largest absolute Gasteiger partial charge is 0.357 e. The number of likely N-dealkylation sites (N-methyl/N-ethyl adjacent to an activating group) is 1. The van der Waals surface area contributed by atoms with Crippen molar-refractivity contribution in [2.75, 3.05) is 52.9 Å². The van der Waals surface area contributed by atoms with Crippen LogP contribution in [0.3, 0.4) is 0 Å². The molecule has 2 aliphatic rings. The van der Waals surface area contributed by atoms with E-state index < -0.39 is 0 Å². The molecule has 2 fully saturated rings. The molecule has 1 aromatic rings. The normalized spacial score (nSPS) is 22.2. The molecule has 0 radical (unpaired) electrons. The Morgan fingerprint density at radius 1 is 1.21 bits per heavy atom. The molecule has 0 aromatic heterocycles. The second-order valence-electron chi connectivity index (χ2n) is 8.55. The lowest BCUT2D eigenvalue weighted by molar-refractivity contribution is 0.254.